The maximum Gasteiger partial charge on any atom is 0.320 e. The van der Waals surface area contributed by atoms with Gasteiger partial charge in [0, 0.05) is 5.92 Å². The second-order valence-corrected chi connectivity index (χ2v) is 4.85. The van der Waals surface area contributed by atoms with Crippen molar-refractivity contribution in [3.8, 4) is 0 Å². The molecule has 1 fully saturated rings. The summed E-state index contributed by atoms with van der Waals surface area (Å²) in [4.78, 5) is 24.0. The highest BCUT2D eigenvalue weighted by molar-refractivity contribution is 5.95. The van der Waals surface area contributed by atoms with E-state index >= 15 is 0 Å². The highest BCUT2D eigenvalue weighted by Crippen LogP contribution is 2.31. The molecule has 0 spiro atoms. The van der Waals surface area contributed by atoms with Gasteiger partial charge in [0.25, 0.3) is 0 Å². The highest BCUT2D eigenvalue weighted by atomic mass is 16.6. The lowest BCUT2D eigenvalue weighted by Gasteiger charge is -2.26. The van der Waals surface area contributed by atoms with E-state index in [1.54, 1.807) is 13.8 Å². The third kappa shape index (κ3) is 4.49. The van der Waals surface area contributed by atoms with Gasteiger partial charge in [-0.25, -0.2) is 0 Å². The normalized spacial score (nSPS) is 23.8. The van der Waals surface area contributed by atoms with Crippen molar-refractivity contribution in [2.24, 2.45) is 11.8 Å². The van der Waals surface area contributed by atoms with Crippen LogP contribution in [0.2, 0.25) is 0 Å². The van der Waals surface area contributed by atoms with E-state index in [4.69, 9.17) is 9.47 Å². The van der Waals surface area contributed by atoms with Gasteiger partial charge < -0.3 is 14.6 Å². The fourth-order valence-corrected chi connectivity index (χ4v) is 2.62. The molecule has 0 aromatic heterocycles. The van der Waals surface area contributed by atoms with Crippen LogP contribution in [0.15, 0.2) is 0 Å². The van der Waals surface area contributed by atoms with Gasteiger partial charge in [0.1, 0.15) is 0 Å². The van der Waals surface area contributed by atoms with Gasteiger partial charge >= 0.3 is 11.9 Å². The van der Waals surface area contributed by atoms with Crippen molar-refractivity contribution in [3.05, 3.63) is 0 Å². The molecule has 0 aromatic rings. The van der Waals surface area contributed by atoms with Crippen LogP contribution in [0.4, 0.5) is 0 Å². The summed E-state index contributed by atoms with van der Waals surface area (Å²) in [6, 6.07) is 0. The summed E-state index contributed by atoms with van der Waals surface area (Å²) in [5.41, 5.74) is 0. The van der Waals surface area contributed by atoms with Gasteiger partial charge in [0.2, 0.25) is 0 Å². The summed E-state index contributed by atoms with van der Waals surface area (Å²) < 4.78 is 9.93. The van der Waals surface area contributed by atoms with Gasteiger partial charge in [-0.15, -0.1) is 0 Å². The molecule has 0 heterocycles. The van der Waals surface area contributed by atoms with Crippen LogP contribution in [-0.4, -0.2) is 36.4 Å². The Morgan fingerprint density at radius 1 is 1.05 bits per heavy atom. The van der Waals surface area contributed by atoms with Crippen molar-refractivity contribution in [3.63, 3.8) is 0 Å². The van der Waals surface area contributed by atoms with Crippen molar-refractivity contribution in [1.29, 1.82) is 0 Å². The number of carbonyl (C=O) groups is 2. The first kappa shape index (κ1) is 16.0. The third-order valence-corrected chi connectivity index (χ3v) is 3.54. The lowest BCUT2D eigenvalue weighted by molar-refractivity contribution is -0.167. The van der Waals surface area contributed by atoms with Crippen molar-refractivity contribution in [2.75, 3.05) is 13.2 Å². The Labute approximate surface area is 114 Å². The molecule has 2 atom stereocenters. The Morgan fingerprint density at radius 3 is 2.11 bits per heavy atom. The molecule has 2 unspecified atom stereocenters. The topological polar surface area (TPSA) is 72.8 Å². The van der Waals surface area contributed by atoms with E-state index in [-0.39, 0.29) is 19.1 Å². The monoisotopic (exact) mass is 272 g/mol. The quantitative estimate of drug-likeness (QED) is 0.468. The Kier molecular flexibility index (Phi) is 6.84. The molecule has 0 amide bonds. The maximum absolute atomic E-state index is 12.0. The predicted octanol–water partition coefficient (Wildman–Crippen LogP) is 1.67. The van der Waals surface area contributed by atoms with Crippen LogP contribution >= 0.6 is 0 Å². The van der Waals surface area contributed by atoms with Crippen LogP contribution in [0.5, 0.6) is 0 Å². The summed E-state index contributed by atoms with van der Waals surface area (Å²) in [7, 11) is 0. The van der Waals surface area contributed by atoms with E-state index in [0.717, 1.165) is 19.3 Å². The van der Waals surface area contributed by atoms with Gasteiger partial charge in [-0.2, -0.15) is 0 Å². The number of aliphatic hydroxyl groups is 1. The fourth-order valence-electron chi connectivity index (χ4n) is 2.62. The zero-order valence-corrected chi connectivity index (χ0v) is 11.8. The molecule has 5 nitrogen and oxygen atoms in total. The number of carbonyl (C=O) groups excluding carboxylic acids is 2. The molecule has 1 saturated carbocycles. The number of esters is 2. The van der Waals surface area contributed by atoms with Crippen molar-refractivity contribution < 1.29 is 24.2 Å². The standard InChI is InChI=1S/C14H24O5/c1-3-18-13(16)12(14(17)19-4-2)10-8-6-5-7-9-11(10)15/h10-12,15H,3-9H2,1-2H3. The second-order valence-electron chi connectivity index (χ2n) is 4.85. The number of ether oxygens (including phenoxy) is 2. The van der Waals surface area contributed by atoms with E-state index in [2.05, 4.69) is 0 Å². The maximum atomic E-state index is 12.0. The van der Waals surface area contributed by atoms with Gasteiger partial charge in [-0.3, -0.25) is 9.59 Å². The second kappa shape index (κ2) is 8.15. The molecule has 1 N–H and O–H groups in total. The summed E-state index contributed by atoms with van der Waals surface area (Å²) in [6.45, 7) is 3.84. The van der Waals surface area contributed by atoms with Crippen molar-refractivity contribution >= 4 is 11.9 Å². The summed E-state index contributed by atoms with van der Waals surface area (Å²) in [5.74, 6) is -2.53. The summed E-state index contributed by atoms with van der Waals surface area (Å²) in [5, 5.41) is 10.1. The van der Waals surface area contributed by atoms with E-state index in [0.29, 0.717) is 12.8 Å². The van der Waals surface area contributed by atoms with Crippen LogP contribution in [0, 0.1) is 11.8 Å². The first-order chi connectivity index (χ1) is 9.11. The first-order valence-corrected chi connectivity index (χ1v) is 7.13. The molecule has 0 aromatic carbocycles. The zero-order chi connectivity index (χ0) is 14.3. The van der Waals surface area contributed by atoms with Crippen molar-refractivity contribution in [1.82, 2.24) is 0 Å². The SMILES string of the molecule is CCOC(=O)C(C(=O)OCC)C1CCCCCC1O. The van der Waals surface area contributed by atoms with Gasteiger partial charge in [0.15, 0.2) is 5.92 Å². The molecule has 1 aliphatic rings. The molecule has 0 radical (unpaired) electrons. The molecule has 5 heteroatoms. The predicted molar refractivity (Wildman–Crippen MR) is 69.3 cm³/mol. The third-order valence-electron chi connectivity index (χ3n) is 3.54. The van der Waals surface area contributed by atoms with Crippen LogP contribution in [0.25, 0.3) is 0 Å². The number of hydrogen-bond acceptors (Lipinski definition) is 5. The van der Waals surface area contributed by atoms with Crippen LogP contribution in [0.1, 0.15) is 46.0 Å². The molecule has 1 rings (SSSR count). The minimum Gasteiger partial charge on any atom is -0.465 e. The van der Waals surface area contributed by atoms with Gasteiger partial charge in [0.05, 0.1) is 19.3 Å². The smallest absolute Gasteiger partial charge is 0.320 e. The molecular weight excluding hydrogens is 248 g/mol. The Morgan fingerprint density at radius 2 is 1.58 bits per heavy atom. The fraction of sp³-hybridized carbons (Fsp3) is 0.857. The average Bonchev–Trinajstić information content (AvgIpc) is 2.56. The van der Waals surface area contributed by atoms with Crippen LogP contribution < -0.4 is 0 Å². The first-order valence-electron chi connectivity index (χ1n) is 7.13. The Balaban J connectivity index is 2.86. The van der Waals surface area contributed by atoms with E-state index in [1.165, 1.54) is 0 Å². The molecule has 1 aliphatic carbocycles. The number of aliphatic hydroxyl groups excluding tert-OH is 1. The van der Waals surface area contributed by atoms with Gasteiger partial charge in [-0.1, -0.05) is 19.3 Å². The number of hydrogen-bond donors (Lipinski definition) is 1. The molecule has 0 saturated heterocycles. The highest BCUT2D eigenvalue weighted by Gasteiger charge is 2.41. The molecule has 0 bridgehead atoms. The Bertz CT molecular complexity index is 284. The molecule has 19 heavy (non-hydrogen) atoms. The van der Waals surface area contributed by atoms with Crippen LogP contribution in [0.3, 0.4) is 0 Å². The lowest BCUT2D eigenvalue weighted by atomic mass is 9.84. The molecular formula is C14H24O5. The van der Waals surface area contributed by atoms with E-state index < -0.39 is 24.0 Å². The minimum absolute atomic E-state index is 0.220. The number of rotatable bonds is 5. The van der Waals surface area contributed by atoms with Crippen LogP contribution in [-0.2, 0) is 19.1 Å². The Hall–Kier alpha value is -1.10. The van der Waals surface area contributed by atoms with Crippen molar-refractivity contribution in [2.45, 2.75) is 52.1 Å². The summed E-state index contributed by atoms with van der Waals surface area (Å²) in [6.07, 6.45) is 3.50. The minimum atomic E-state index is -0.993. The average molecular weight is 272 g/mol. The van der Waals surface area contributed by atoms with E-state index in [9.17, 15) is 14.7 Å². The van der Waals surface area contributed by atoms with Gasteiger partial charge in [-0.05, 0) is 26.7 Å². The van der Waals surface area contributed by atoms with E-state index in [1.807, 2.05) is 0 Å². The lowest BCUT2D eigenvalue weighted by Crippen LogP contribution is -2.39. The zero-order valence-electron chi connectivity index (χ0n) is 11.8. The molecule has 110 valence electrons. The molecule has 0 aliphatic heterocycles. The summed E-state index contributed by atoms with van der Waals surface area (Å²) >= 11 is 0. The largest absolute Gasteiger partial charge is 0.465 e.